The van der Waals surface area contributed by atoms with Gasteiger partial charge in [0.1, 0.15) is 0 Å². The van der Waals surface area contributed by atoms with Gasteiger partial charge < -0.3 is 0 Å². The van der Waals surface area contributed by atoms with E-state index in [4.69, 9.17) is 0 Å². The molecule has 0 radical (unpaired) electrons. The molecule has 2 aliphatic heterocycles. The van der Waals surface area contributed by atoms with Gasteiger partial charge in [0.25, 0.3) is 0 Å². The van der Waals surface area contributed by atoms with E-state index in [9.17, 15) is 0 Å². The van der Waals surface area contributed by atoms with E-state index in [1.54, 1.807) is 0 Å². The van der Waals surface area contributed by atoms with Crippen molar-refractivity contribution in [3.63, 3.8) is 0 Å². The Morgan fingerprint density at radius 1 is 1.06 bits per heavy atom. The lowest BCUT2D eigenvalue weighted by Crippen LogP contribution is -2.49. The number of nitrogens with zero attached hydrogens (tertiary/aromatic N) is 2. The van der Waals surface area contributed by atoms with Crippen LogP contribution in [0, 0.1) is 0 Å². The van der Waals surface area contributed by atoms with Gasteiger partial charge in [-0.15, -0.1) is 0 Å². The Morgan fingerprint density at radius 3 is 2.81 bits per heavy atom. The van der Waals surface area contributed by atoms with E-state index >= 15 is 0 Å². The van der Waals surface area contributed by atoms with Crippen molar-refractivity contribution in [3.05, 3.63) is 35.9 Å². The lowest BCUT2D eigenvalue weighted by atomic mass is 10.1. The normalized spacial score (nSPS) is 26.9. The smallest absolute Gasteiger partial charge is 0.0234 e. The number of rotatable bonds is 2. The summed E-state index contributed by atoms with van der Waals surface area (Å²) in [5.74, 6) is 0. The Balaban J connectivity index is 1.60. The van der Waals surface area contributed by atoms with Crippen molar-refractivity contribution >= 4 is 0 Å². The quantitative estimate of drug-likeness (QED) is 0.745. The van der Waals surface area contributed by atoms with Gasteiger partial charge in [0, 0.05) is 32.2 Å². The summed E-state index contributed by atoms with van der Waals surface area (Å²) in [6.45, 7) is 6.26. The molecule has 1 unspecified atom stereocenters. The summed E-state index contributed by atoms with van der Waals surface area (Å²) >= 11 is 0. The lowest BCUT2D eigenvalue weighted by molar-refractivity contribution is 0.0994. The second-order valence-electron chi connectivity index (χ2n) is 5.05. The van der Waals surface area contributed by atoms with Gasteiger partial charge in [-0.05, 0) is 24.9 Å². The summed E-state index contributed by atoms with van der Waals surface area (Å²) < 4.78 is 0. The molecule has 0 aromatic heterocycles. The first-order valence-electron chi connectivity index (χ1n) is 6.42. The van der Waals surface area contributed by atoms with Crippen molar-refractivity contribution in [3.8, 4) is 0 Å². The summed E-state index contributed by atoms with van der Waals surface area (Å²) in [6, 6.07) is 11.7. The van der Waals surface area contributed by atoms with Crippen LogP contribution in [0.2, 0.25) is 0 Å². The highest BCUT2D eigenvalue weighted by Crippen LogP contribution is 2.22. The lowest BCUT2D eigenvalue weighted by Gasteiger charge is -2.37. The Bertz CT molecular complexity index is 336. The minimum atomic E-state index is 0.845. The molecule has 0 bridgehead atoms. The number of hydrogen-bond donors (Lipinski definition) is 0. The number of hydrogen-bond acceptors (Lipinski definition) is 2. The molecule has 2 heterocycles. The first-order chi connectivity index (χ1) is 7.92. The Morgan fingerprint density at radius 2 is 1.94 bits per heavy atom. The van der Waals surface area contributed by atoms with E-state index in [1.165, 1.54) is 44.6 Å². The summed E-state index contributed by atoms with van der Waals surface area (Å²) in [7, 11) is 0. The fraction of sp³-hybridized carbons (Fsp3) is 0.571. The third kappa shape index (κ3) is 2.13. The number of benzene rings is 1. The minimum Gasteiger partial charge on any atom is -0.298 e. The maximum absolute atomic E-state index is 2.67. The molecule has 2 saturated heterocycles. The molecule has 0 amide bonds. The summed E-state index contributed by atoms with van der Waals surface area (Å²) in [6.07, 6.45) is 2.81. The zero-order chi connectivity index (χ0) is 10.8. The molecule has 2 aliphatic rings. The maximum atomic E-state index is 2.67. The predicted octanol–water partition coefficient (Wildman–Crippen LogP) is 1.97. The molecule has 0 saturated carbocycles. The van der Waals surface area contributed by atoms with Crippen LogP contribution < -0.4 is 0 Å². The Kier molecular flexibility index (Phi) is 2.94. The van der Waals surface area contributed by atoms with E-state index in [-0.39, 0.29) is 0 Å². The standard InChI is InChI=1S/C14H20N2/c1-2-5-13(6-3-1)11-15-9-10-16-8-4-7-14(16)12-15/h1-3,5-6,14H,4,7-12H2. The largest absolute Gasteiger partial charge is 0.298 e. The average Bonchev–Trinajstić information content (AvgIpc) is 2.77. The highest BCUT2D eigenvalue weighted by atomic mass is 15.3. The molecule has 3 rings (SSSR count). The van der Waals surface area contributed by atoms with Gasteiger partial charge in [-0.3, -0.25) is 9.80 Å². The zero-order valence-corrected chi connectivity index (χ0v) is 9.81. The molecule has 2 fully saturated rings. The molecule has 1 aromatic rings. The van der Waals surface area contributed by atoms with Gasteiger partial charge in [-0.25, -0.2) is 0 Å². The van der Waals surface area contributed by atoms with Crippen molar-refractivity contribution in [2.24, 2.45) is 0 Å². The molecule has 1 aromatic carbocycles. The fourth-order valence-electron chi connectivity index (χ4n) is 3.04. The van der Waals surface area contributed by atoms with Gasteiger partial charge in [0.05, 0.1) is 0 Å². The summed E-state index contributed by atoms with van der Waals surface area (Å²) in [5.41, 5.74) is 1.45. The van der Waals surface area contributed by atoms with Crippen LogP contribution in [-0.2, 0) is 6.54 Å². The van der Waals surface area contributed by atoms with Crippen LogP contribution in [0.1, 0.15) is 18.4 Å². The Hall–Kier alpha value is -0.860. The molecule has 0 aliphatic carbocycles. The van der Waals surface area contributed by atoms with E-state index in [1.807, 2.05) is 0 Å². The summed E-state index contributed by atoms with van der Waals surface area (Å²) in [5, 5.41) is 0. The van der Waals surface area contributed by atoms with E-state index < -0.39 is 0 Å². The third-order valence-electron chi connectivity index (χ3n) is 3.92. The maximum Gasteiger partial charge on any atom is 0.0234 e. The Labute approximate surface area is 97.9 Å². The monoisotopic (exact) mass is 216 g/mol. The van der Waals surface area contributed by atoms with Crippen LogP contribution >= 0.6 is 0 Å². The van der Waals surface area contributed by atoms with Crippen LogP contribution in [-0.4, -0.2) is 42.0 Å². The van der Waals surface area contributed by atoms with E-state index in [2.05, 4.69) is 40.1 Å². The topological polar surface area (TPSA) is 6.48 Å². The highest BCUT2D eigenvalue weighted by Gasteiger charge is 2.30. The molecular weight excluding hydrogens is 196 g/mol. The van der Waals surface area contributed by atoms with Gasteiger partial charge in [0.2, 0.25) is 0 Å². The van der Waals surface area contributed by atoms with Crippen LogP contribution in [0.25, 0.3) is 0 Å². The second-order valence-corrected chi connectivity index (χ2v) is 5.05. The van der Waals surface area contributed by atoms with Crippen molar-refractivity contribution in [1.82, 2.24) is 9.80 Å². The van der Waals surface area contributed by atoms with E-state index in [0.717, 1.165) is 12.6 Å². The van der Waals surface area contributed by atoms with Crippen LogP contribution in [0.3, 0.4) is 0 Å². The van der Waals surface area contributed by atoms with Crippen molar-refractivity contribution < 1.29 is 0 Å². The summed E-state index contributed by atoms with van der Waals surface area (Å²) in [4.78, 5) is 5.28. The van der Waals surface area contributed by atoms with Crippen LogP contribution in [0.5, 0.6) is 0 Å². The van der Waals surface area contributed by atoms with Gasteiger partial charge in [0.15, 0.2) is 0 Å². The van der Waals surface area contributed by atoms with Crippen molar-refractivity contribution in [1.29, 1.82) is 0 Å². The van der Waals surface area contributed by atoms with Crippen LogP contribution in [0.15, 0.2) is 30.3 Å². The fourth-order valence-corrected chi connectivity index (χ4v) is 3.04. The SMILES string of the molecule is c1ccc(CN2CCN3CCCC3C2)cc1. The molecule has 0 N–H and O–H groups in total. The first-order valence-corrected chi connectivity index (χ1v) is 6.42. The van der Waals surface area contributed by atoms with Gasteiger partial charge in [-0.1, -0.05) is 30.3 Å². The number of piperazine rings is 1. The molecular formula is C14H20N2. The molecule has 2 heteroatoms. The van der Waals surface area contributed by atoms with Gasteiger partial charge >= 0.3 is 0 Å². The molecule has 16 heavy (non-hydrogen) atoms. The van der Waals surface area contributed by atoms with Gasteiger partial charge in [-0.2, -0.15) is 0 Å². The third-order valence-corrected chi connectivity index (χ3v) is 3.92. The second kappa shape index (κ2) is 4.56. The highest BCUT2D eigenvalue weighted by molar-refractivity contribution is 5.14. The molecule has 0 spiro atoms. The predicted molar refractivity (Wildman–Crippen MR) is 66.3 cm³/mol. The average molecular weight is 216 g/mol. The molecule has 2 nitrogen and oxygen atoms in total. The van der Waals surface area contributed by atoms with Crippen molar-refractivity contribution in [2.75, 3.05) is 26.2 Å². The first kappa shape index (κ1) is 10.3. The number of fused-ring (bicyclic) bond motifs is 1. The van der Waals surface area contributed by atoms with E-state index in [0.29, 0.717) is 0 Å². The molecule has 86 valence electrons. The minimum absolute atomic E-state index is 0.845. The zero-order valence-electron chi connectivity index (χ0n) is 9.81. The molecule has 1 atom stereocenters. The van der Waals surface area contributed by atoms with Crippen molar-refractivity contribution in [2.45, 2.75) is 25.4 Å². The van der Waals surface area contributed by atoms with Crippen LogP contribution in [0.4, 0.5) is 0 Å².